The van der Waals surface area contributed by atoms with E-state index in [0.29, 0.717) is 18.5 Å². The van der Waals surface area contributed by atoms with E-state index in [-0.39, 0.29) is 5.91 Å². The minimum atomic E-state index is -1.18. The van der Waals surface area contributed by atoms with Gasteiger partial charge in [-0.3, -0.25) is 4.79 Å². The van der Waals surface area contributed by atoms with Crippen molar-refractivity contribution in [2.75, 3.05) is 11.5 Å². The van der Waals surface area contributed by atoms with Crippen LogP contribution in [-0.2, 0) is 17.6 Å². The van der Waals surface area contributed by atoms with Gasteiger partial charge in [-0.15, -0.1) is 0 Å². The zero-order chi connectivity index (χ0) is 19.7. The molecular formula is C21H25N3O3S. The van der Waals surface area contributed by atoms with Crippen LogP contribution in [0.1, 0.15) is 53.0 Å². The van der Waals surface area contributed by atoms with Crippen LogP contribution in [0.2, 0.25) is 0 Å². The quantitative estimate of drug-likeness (QED) is 0.825. The Bertz CT molecular complexity index is 898. The monoisotopic (exact) mass is 399 g/mol. The van der Waals surface area contributed by atoms with Crippen molar-refractivity contribution < 1.29 is 14.7 Å². The first-order valence-electron chi connectivity index (χ1n) is 9.82. The molecule has 0 radical (unpaired) electrons. The molecular weight excluding hydrogens is 374 g/mol. The number of amides is 1. The first-order chi connectivity index (χ1) is 13.5. The van der Waals surface area contributed by atoms with E-state index in [1.807, 2.05) is 35.9 Å². The Labute approximate surface area is 168 Å². The summed E-state index contributed by atoms with van der Waals surface area (Å²) in [5.41, 5.74) is 3.34. The number of carboxylic acids is 1. The molecule has 1 aliphatic heterocycles. The van der Waals surface area contributed by atoms with E-state index in [2.05, 4.69) is 10.4 Å². The van der Waals surface area contributed by atoms with Crippen molar-refractivity contribution in [3.8, 4) is 5.69 Å². The number of benzene rings is 1. The van der Waals surface area contributed by atoms with Gasteiger partial charge in [0.25, 0.3) is 5.91 Å². The van der Waals surface area contributed by atoms with Crippen LogP contribution in [0.25, 0.3) is 5.69 Å². The number of carbonyl (C=O) groups is 2. The van der Waals surface area contributed by atoms with Crippen LogP contribution >= 0.6 is 11.8 Å². The predicted octanol–water partition coefficient (Wildman–Crippen LogP) is 3.14. The molecule has 0 spiro atoms. The Morgan fingerprint density at radius 3 is 2.50 bits per heavy atom. The number of aromatic nitrogens is 2. The lowest BCUT2D eigenvalue weighted by molar-refractivity contribution is -0.144. The Hall–Kier alpha value is -2.28. The highest BCUT2D eigenvalue weighted by Crippen LogP contribution is 2.30. The summed E-state index contributed by atoms with van der Waals surface area (Å²) in [6, 6.07) is 8.09. The second kappa shape index (κ2) is 7.62. The van der Waals surface area contributed by atoms with E-state index < -0.39 is 11.5 Å². The van der Waals surface area contributed by atoms with Crippen LogP contribution in [0.15, 0.2) is 24.3 Å². The van der Waals surface area contributed by atoms with Gasteiger partial charge in [-0.25, -0.2) is 9.48 Å². The smallest absolute Gasteiger partial charge is 0.329 e. The highest BCUT2D eigenvalue weighted by Gasteiger charge is 2.42. The third-order valence-corrected chi connectivity index (χ3v) is 6.77. The number of aliphatic carboxylic acids is 1. The maximum atomic E-state index is 13.1. The molecule has 1 aromatic carbocycles. The number of aryl methyl sites for hydroxylation is 1. The van der Waals surface area contributed by atoms with E-state index in [4.69, 9.17) is 0 Å². The van der Waals surface area contributed by atoms with Gasteiger partial charge in [0.2, 0.25) is 0 Å². The third kappa shape index (κ3) is 3.43. The molecule has 2 N–H and O–H groups in total. The normalized spacial score (nSPS) is 18.3. The van der Waals surface area contributed by atoms with E-state index in [0.717, 1.165) is 54.1 Å². The molecule has 0 atom stereocenters. The van der Waals surface area contributed by atoms with Crippen LogP contribution in [0, 0.1) is 6.92 Å². The van der Waals surface area contributed by atoms with Gasteiger partial charge in [-0.05, 0) is 69.1 Å². The zero-order valence-electron chi connectivity index (χ0n) is 16.0. The van der Waals surface area contributed by atoms with E-state index in [1.165, 1.54) is 5.56 Å². The second-order valence-electron chi connectivity index (χ2n) is 7.68. The fourth-order valence-electron chi connectivity index (χ4n) is 4.07. The molecule has 148 valence electrons. The van der Waals surface area contributed by atoms with Gasteiger partial charge in [0, 0.05) is 11.3 Å². The largest absolute Gasteiger partial charge is 0.480 e. The molecule has 6 nitrogen and oxygen atoms in total. The number of carboxylic acid groups (broad SMARTS) is 1. The molecule has 0 unspecified atom stereocenters. The molecule has 1 fully saturated rings. The topological polar surface area (TPSA) is 84.2 Å². The fraction of sp³-hybridized carbons (Fsp3) is 0.476. The summed E-state index contributed by atoms with van der Waals surface area (Å²) in [6.45, 7) is 2.04. The minimum Gasteiger partial charge on any atom is -0.480 e. The second-order valence-corrected chi connectivity index (χ2v) is 8.91. The average molecular weight is 400 g/mol. The van der Waals surface area contributed by atoms with Crippen LogP contribution in [0.5, 0.6) is 0 Å². The van der Waals surface area contributed by atoms with Gasteiger partial charge in [0.05, 0.1) is 5.69 Å². The predicted molar refractivity (Wildman–Crippen MR) is 109 cm³/mol. The number of nitrogens with zero attached hydrogens (tertiary/aromatic N) is 2. The lowest BCUT2D eigenvalue weighted by Crippen LogP contribution is -2.56. The van der Waals surface area contributed by atoms with Crippen molar-refractivity contribution >= 4 is 23.6 Å². The van der Waals surface area contributed by atoms with Crippen LogP contribution < -0.4 is 5.32 Å². The number of fused-ring (bicyclic) bond motifs is 1. The Morgan fingerprint density at radius 2 is 1.82 bits per heavy atom. The third-order valence-electron chi connectivity index (χ3n) is 5.78. The van der Waals surface area contributed by atoms with Gasteiger partial charge in [0.15, 0.2) is 5.69 Å². The number of carbonyl (C=O) groups excluding carboxylic acids is 1. The fourth-order valence-corrected chi connectivity index (χ4v) is 5.26. The summed E-state index contributed by atoms with van der Waals surface area (Å²) in [4.78, 5) is 25.1. The van der Waals surface area contributed by atoms with Crippen LogP contribution in [-0.4, -0.2) is 43.8 Å². The van der Waals surface area contributed by atoms with Gasteiger partial charge in [0.1, 0.15) is 5.54 Å². The maximum absolute atomic E-state index is 13.1. The average Bonchev–Trinajstić information content (AvgIpc) is 3.09. The van der Waals surface area contributed by atoms with Gasteiger partial charge >= 0.3 is 5.97 Å². The summed E-state index contributed by atoms with van der Waals surface area (Å²) in [5, 5.41) is 17.3. The molecule has 2 aliphatic rings. The van der Waals surface area contributed by atoms with Crippen molar-refractivity contribution in [3.63, 3.8) is 0 Å². The first kappa shape index (κ1) is 19.1. The molecule has 1 aromatic heterocycles. The molecule has 28 heavy (non-hydrogen) atoms. The standard InChI is InChI=1S/C21H25N3O3S/c1-14-6-8-15(9-7-14)24-17-5-3-2-4-16(17)18(23-24)19(25)22-21(20(26)27)10-12-28-13-11-21/h6-9H,2-5,10-13H2,1H3,(H,22,25)(H,26,27). The number of hydrogen-bond acceptors (Lipinski definition) is 4. The van der Waals surface area contributed by atoms with Gasteiger partial charge in [-0.1, -0.05) is 17.7 Å². The molecule has 0 saturated carbocycles. The number of nitrogens with one attached hydrogen (secondary N) is 1. The maximum Gasteiger partial charge on any atom is 0.329 e. The van der Waals surface area contributed by atoms with Crippen molar-refractivity contribution in [3.05, 3.63) is 46.8 Å². The SMILES string of the molecule is Cc1ccc(-n2nc(C(=O)NC3(C(=O)O)CCSCC3)c3c2CCCC3)cc1. The molecule has 1 saturated heterocycles. The van der Waals surface area contributed by atoms with E-state index in [1.54, 1.807) is 11.8 Å². The Morgan fingerprint density at radius 1 is 1.14 bits per heavy atom. The van der Waals surface area contributed by atoms with Crippen molar-refractivity contribution in [2.24, 2.45) is 0 Å². The molecule has 1 aliphatic carbocycles. The first-order valence-corrected chi connectivity index (χ1v) is 11.0. The lowest BCUT2D eigenvalue weighted by Gasteiger charge is -2.33. The summed E-state index contributed by atoms with van der Waals surface area (Å²) >= 11 is 1.73. The van der Waals surface area contributed by atoms with Crippen LogP contribution in [0.4, 0.5) is 0 Å². The molecule has 4 rings (SSSR count). The Kier molecular flexibility index (Phi) is 5.19. The molecule has 0 bridgehead atoms. The lowest BCUT2D eigenvalue weighted by atomic mass is 9.91. The molecule has 1 amide bonds. The summed E-state index contributed by atoms with van der Waals surface area (Å²) < 4.78 is 1.87. The Balaban J connectivity index is 1.70. The van der Waals surface area contributed by atoms with Gasteiger partial charge in [-0.2, -0.15) is 16.9 Å². The number of hydrogen-bond donors (Lipinski definition) is 2. The van der Waals surface area contributed by atoms with E-state index in [9.17, 15) is 14.7 Å². The molecule has 2 aromatic rings. The van der Waals surface area contributed by atoms with Crippen LogP contribution in [0.3, 0.4) is 0 Å². The highest BCUT2D eigenvalue weighted by molar-refractivity contribution is 7.99. The van der Waals surface area contributed by atoms with Crippen molar-refractivity contribution in [1.82, 2.24) is 15.1 Å². The van der Waals surface area contributed by atoms with Crippen molar-refractivity contribution in [1.29, 1.82) is 0 Å². The van der Waals surface area contributed by atoms with E-state index >= 15 is 0 Å². The molecule has 7 heteroatoms. The zero-order valence-corrected chi connectivity index (χ0v) is 16.8. The van der Waals surface area contributed by atoms with Crippen molar-refractivity contribution in [2.45, 2.75) is 51.0 Å². The summed E-state index contributed by atoms with van der Waals surface area (Å²) in [6.07, 6.45) is 4.67. The number of rotatable bonds is 4. The highest BCUT2D eigenvalue weighted by atomic mass is 32.2. The summed E-state index contributed by atoms with van der Waals surface area (Å²) in [7, 11) is 0. The minimum absolute atomic E-state index is 0.363. The van der Waals surface area contributed by atoms with Gasteiger partial charge < -0.3 is 10.4 Å². The number of thioether (sulfide) groups is 1. The molecule has 2 heterocycles. The summed E-state index contributed by atoms with van der Waals surface area (Å²) in [5.74, 6) is 0.164.